The number of nitrogens with one attached hydrogen (secondary N) is 1. The lowest BCUT2D eigenvalue weighted by atomic mass is 10.1. The molecule has 3 aromatic carbocycles. The molecule has 0 aliphatic heterocycles. The van der Waals surface area contributed by atoms with E-state index >= 15 is 0 Å². The monoisotopic (exact) mass is 545 g/mol. The minimum absolute atomic E-state index is 0.0246. The SMILES string of the molecule is NS(=O)(=O)c1ccc(CCNC(=O)Cn2cc(S(=O)(=O)Cc3ccc(Cl)cc3)c3ccccc32)cc1. The lowest BCUT2D eigenvalue weighted by Crippen LogP contribution is -2.29. The molecule has 1 aromatic heterocycles. The fourth-order valence-corrected chi connectivity index (χ4v) is 6.10. The Morgan fingerprint density at radius 3 is 2.19 bits per heavy atom. The Balaban J connectivity index is 1.45. The Morgan fingerprint density at radius 1 is 0.889 bits per heavy atom. The van der Waals surface area contributed by atoms with Crippen molar-refractivity contribution < 1.29 is 21.6 Å². The second-order valence-electron chi connectivity index (χ2n) is 8.31. The molecule has 1 amide bonds. The van der Waals surface area contributed by atoms with Crippen molar-refractivity contribution in [2.75, 3.05) is 6.54 Å². The standard InChI is InChI=1S/C25H24ClN3O5S2/c26-20-9-5-19(6-10-20)17-35(31,32)24-15-29(23-4-2-1-3-22(23)24)16-25(30)28-14-13-18-7-11-21(12-8-18)36(27,33)34/h1-12,15H,13-14,16-17H2,(H,28,30)(H2,27,33,34). The maximum Gasteiger partial charge on any atom is 0.239 e. The van der Waals surface area contributed by atoms with Crippen LogP contribution in [-0.2, 0) is 43.4 Å². The van der Waals surface area contributed by atoms with E-state index in [2.05, 4.69) is 5.32 Å². The minimum atomic E-state index is -3.75. The van der Waals surface area contributed by atoms with Crippen molar-refractivity contribution in [3.63, 3.8) is 0 Å². The molecule has 11 heteroatoms. The molecule has 0 fully saturated rings. The summed E-state index contributed by atoms with van der Waals surface area (Å²) in [6.07, 6.45) is 1.99. The van der Waals surface area contributed by atoms with Crippen LogP contribution in [-0.4, -0.2) is 33.9 Å². The van der Waals surface area contributed by atoms with Gasteiger partial charge in [-0.05, 0) is 47.9 Å². The number of carbonyl (C=O) groups is 1. The highest BCUT2D eigenvalue weighted by atomic mass is 35.5. The molecule has 0 bridgehead atoms. The van der Waals surface area contributed by atoms with Crippen LogP contribution in [0.2, 0.25) is 5.02 Å². The molecule has 3 N–H and O–H groups in total. The number of carbonyl (C=O) groups excluding carboxylic acids is 1. The first-order valence-electron chi connectivity index (χ1n) is 11.0. The highest BCUT2D eigenvalue weighted by Crippen LogP contribution is 2.28. The highest BCUT2D eigenvalue weighted by molar-refractivity contribution is 7.91. The molecule has 188 valence electrons. The summed E-state index contributed by atoms with van der Waals surface area (Å²) < 4.78 is 50.8. The van der Waals surface area contributed by atoms with E-state index in [9.17, 15) is 21.6 Å². The van der Waals surface area contributed by atoms with E-state index in [1.54, 1.807) is 65.2 Å². The maximum atomic E-state index is 13.2. The number of primary sulfonamides is 1. The Hall–Kier alpha value is -3.18. The van der Waals surface area contributed by atoms with Crippen molar-refractivity contribution in [3.05, 3.63) is 95.1 Å². The van der Waals surface area contributed by atoms with Crippen LogP contribution in [0.4, 0.5) is 0 Å². The van der Waals surface area contributed by atoms with Gasteiger partial charge in [0.25, 0.3) is 0 Å². The van der Waals surface area contributed by atoms with Gasteiger partial charge in [-0.3, -0.25) is 4.79 Å². The van der Waals surface area contributed by atoms with Gasteiger partial charge in [-0.25, -0.2) is 22.0 Å². The number of fused-ring (bicyclic) bond motifs is 1. The fraction of sp³-hybridized carbons (Fsp3) is 0.160. The normalized spacial score (nSPS) is 12.1. The van der Waals surface area contributed by atoms with E-state index in [1.807, 2.05) is 0 Å². The van der Waals surface area contributed by atoms with Crippen LogP contribution in [0.1, 0.15) is 11.1 Å². The van der Waals surface area contributed by atoms with Crippen molar-refractivity contribution in [1.29, 1.82) is 0 Å². The van der Waals surface area contributed by atoms with Gasteiger partial charge in [0.1, 0.15) is 6.54 Å². The molecule has 0 saturated carbocycles. The van der Waals surface area contributed by atoms with Gasteiger partial charge in [0.15, 0.2) is 9.84 Å². The van der Waals surface area contributed by atoms with Crippen molar-refractivity contribution >= 4 is 48.3 Å². The number of benzene rings is 3. The number of hydrogen-bond acceptors (Lipinski definition) is 5. The van der Waals surface area contributed by atoms with E-state index in [1.165, 1.54) is 18.3 Å². The van der Waals surface area contributed by atoms with Gasteiger partial charge in [0.05, 0.1) is 15.5 Å². The molecule has 8 nitrogen and oxygen atoms in total. The van der Waals surface area contributed by atoms with Crippen molar-refractivity contribution in [3.8, 4) is 0 Å². The van der Waals surface area contributed by atoms with Crippen LogP contribution in [0.3, 0.4) is 0 Å². The summed E-state index contributed by atoms with van der Waals surface area (Å²) in [7, 11) is -7.44. The summed E-state index contributed by atoms with van der Waals surface area (Å²) in [5.41, 5.74) is 2.09. The third-order valence-electron chi connectivity index (χ3n) is 5.66. The lowest BCUT2D eigenvalue weighted by Gasteiger charge is -2.08. The summed E-state index contributed by atoms with van der Waals surface area (Å²) in [5.74, 6) is -0.465. The number of rotatable bonds is 9. The number of hydrogen-bond donors (Lipinski definition) is 2. The number of halogens is 1. The molecule has 0 unspecified atom stereocenters. The molecule has 0 radical (unpaired) electrons. The molecular formula is C25H24ClN3O5S2. The van der Waals surface area contributed by atoms with Gasteiger partial charge in [0.2, 0.25) is 15.9 Å². The first-order valence-corrected chi connectivity index (χ1v) is 14.5. The zero-order chi connectivity index (χ0) is 25.9. The molecule has 0 saturated heterocycles. The summed E-state index contributed by atoms with van der Waals surface area (Å²) in [4.78, 5) is 12.8. The molecule has 36 heavy (non-hydrogen) atoms. The van der Waals surface area contributed by atoms with E-state index in [0.29, 0.717) is 34.5 Å². The minimum Gasteiger partial charge on any atom is -0.354 e. The average Bonchev–Trinajstić information content (AvgIpc) is 3.20. The quantitative estimate of drug-likeness (QED) is 0.333. The van der Waals surface area contributed by atoms with Gasteiger partial charge in [0, 0.05) is 28.7 Å². The zero-order valence-electron chi connectivity index (χ0n) is 19.1. The number of amides is 1. The number of nitrogens with two attached hydrogens (primary N) is 1. The molecule has 4 aromatic rings. The largest absolute Gasteiger partial charge is 0.354 e. The predicted octanol–water partition coefficient (Wildman–Crippen LogP) is 3.27. The van der Waals surface area contributed by atoms with Crippen molar-refractivity contribution in [1.82, 2.24) is 9.88 Å². The topological polar surface area (TPSA) is 128 Å². The van der Waals surface area contributed by atoms with Gasteiger partial charge >= 0.3 is 0 Å². The average molecular weight is 546 g/mol. The number of sulfonamides is 1. The molecule has 0 aliphatic rings. The third-order valence-corrected chi connectivity index (χ3v) is 8.55. The van der Waals surface area contributed by atoms with Crippen LogP contribution in [0, 0.1) is 0 Å². The van der Waals surface area contributed by atoms with Gasteiger partial charge in [-0.15, -0.1) is 0 Å². The van der Waals surface area contributed by atoms with Gasteiger partial charge in [-0.2, -0.15) is 0 Å². The van der Waals surface area contributed by atoms with Gasteiger partial charge < -0.3 is 9.88 Å². The third kappa shape index (κ3) is 6.14. The molecule has 0 aliphatic carbocycles. The first kappa shape index (κ1) is 25.9. The van der Waals surface area contributed by atoms with E-state index in [-0.39, 0.29) is 28.0 Å². The number of para-hydroxylation sites is 1. The smallest absolute Gasteiger partial charge is 0.239 e. The molecule has 1 heterocycles. The number of nitrogens with zero attached hydrogens (tertiary/aromatic N) is 1. The Kier molecular flexibility index (Phi) is 7.51. The molecule has 0 spiro atoms. The van der Waals surface area contributed by atoms with Crippen LogP contribution in [0.15, 0.2) is 88.8 Å². The van der Waals surface area contributed by atoms with Crippen LogP contribution >= 0.6 is 11.6 Å². The Morgan fingerprint density at radius 2 is 1.53 bits per heavy atom. The summed E-state index contributed by atoms with van der Waals surface area (Å²) >= 11 is 5.91. The maximum absolute atomic E-state index is 13.2. The summed E-state index contributed by atoms with van der Waals surface area (Å²) in [5, 5.41) is 9.00. The van der Waals surface area contributed by atoms with E-state index in [4.69, 9.17) is 16.7 Å². The summed E-state index contributed by atoms with van der Waals surface area (Å²) in [6.45, 7) is 0.274. The summed E-state index contributed by atoms with van der Waals surface area (Å²) in [6, 6.07) is 19.8. The Bertz CT molecular complexity index is 1610. The molecule has 4 rings (SSSR count). The highest BCUT2D eigenvalue weighted by Gasteiger charge is 2.22. The van der Waals surface area contributed by atoms with Crippen molar-refractivity contribution in [2.24, 2.45) is 5.14 Å². The van der Waals surface area contributed by atoms with Crippen LogP contribution in [0.5, 0.6) is 0 Å². The van der Waals surface area contributed by atoms with Crippen LogP contribution < -0.4 is 10.5 Å². The fourth-order valence-electron chi connectivity index (χ4n) is 3.87. The lowest BCUT2D eigenvalue weighted by molar-refractivity contribution is -0.121. The van der Waals surface area contributed by atoms with E-state index in [0.717, 1.165) is 5.56 Å². The van der Waals surface area contributed by atoms with E-state index < -0.39 is 19.9 Å². The van der Waals surface area contributed by atoms with Crippen molar-refractivity contribution in [2.45, 2.75) is 28.5 Å². The molecular weight excluding hydrogens is 522 g/mol. The first-order chi connectivity index (χ1) is 17.0. The van der Waals surface area contributed by atoms with Crippen LogP contribution in [0.25, 0.3) is 10.9 Å². The zero-order valence-corrected chi connectivity index (χ0v) is 21.5. The second-order valence-corrected chi connectivity index (χ2v) is 12.3. The Labute approximate surface area is 214 Å². The molecule has 0 atom stereocenters. The second kappa shape index (κ2) is 10.4. The number of sulfone groups is 1. The van der Waals surface area contributed by atoms with Gasteiger partial charge in [-0.1, -0.05) is 54.1 Å². The number of aromatic nitrogens is 1. The predicted molar refractivity (Wildman–Crippen MR) is 139 cm³/mol.